The van der Waals surface area contributed by atoms with Gasteiger partial charge in [-0.25, -0.2) is 0 Å². The van der Waals surface area contributed by atoms with Crippen LogP contribution in [0.4, 0.5) is 0 Å². The molecular weight excluding hydrogens is 136 g/mol. The number of nitrogens with zero attached hydrogens (tertiary/aromatic N) is 2. The lowest BCUT2D eigenvalue weighted by Gasteiger charge is -1.98. The summed E-state index contributed by atoms with van der Waals surface area (Å²) in [4.78, 5) is 0. The lowest BCUT2D eigenvalue weighted by atomic mass is 10.1. The summed E-state index contributed by atoms with van der Waals surface area (Å²) >= 11 is 0. The molecule has 0 aromatic carbocycles. The van der Waals surface area contributed by atoms with Gasteiger partial charge in [-0.05, 0) is 24.9 Å². The third-order valence-corrected chi connectivity index (χ3v) is 1.93. The van der Waals surface area contributed by atoms with Crippen LogP contribution in [0, 0.1) is 5.92 Å². The molecule has 1 rings (SSSR count). The average Bonchev–Trinajstić information content (AvgIpc) is 2.33. The number of hydrogen-bond acceptors (Lipinski definition) is 1. The Bertz CT molecular complexity index is 200. The van der Waals surface area contributed by atoms with Crippen molar-refractivity contribution in [2.24, 2.45) is 11.0 Å². The third-order valence-electron chi connectivity index (χ3n) is 1.93. The van der Waals surface area contributed by atoms with E-state index in [1.165, 1.54) is 5.71 Å². The molecule has 0 unspecified atom stereocenters. The van der Waals surface area contributed by atoms with Gasteiger partial charge in [-0.3, -0.25) is 0 Å². The van der Waals surface area contributed by atoms with Crippen LogP contribution in [0.25, 0.3) is 0 Å². The summed E-state index contributed by atoms with van der Waals surface area (Å²) in [5, 5.41) is 4.48. The van der Waals surface area contributed by atoms with E-state index in [0.717, 1.165) is 6.42 Å². The molecule has 0 atom stereocenters. The van der Waals surface area contributed by atoms with E-state index in [1.54, 1.807) is 0 Å². The van der Waals surface area contributed by atoms with E-state index < -0.39 is 0 Å². The van der Waals surface area contributed by atoms with Crippen molar-refractivity contribution < 1.29 is 4.68 Å². The summed E-state index contributed by atoms with van der Waals surface area (Å²) in [6.07, 6.45) is 3.20. The molecule has 1 aliphatic rings. The van der Waals surface area contributed by atoms with Crippen molar-refractivity contribution in [3.05, 3.63) is 0 Å². The predicted octanol–water partition coefficient (Wildman–Crippen LogP) is 1.89. The van der Waals surface area contributed by atoms with Crippen molar-refractivity contribution in [2.45, 2.75) is 40.2 Å². The minimum absolute atomic E-state index is 0.506. The summed E-state index contributed by atoms with van der Waals surface area (Å²) < 4.78 is 2.05. The van der Waals surface area contributed by atoms with Crippen LogP contribution in [-0.2, 0) is 0 Å². The number of hydrogen-bond donors (Lipinski definition) is 0. The van der Waals surface area contributed by atoms with Crippen LogP contribution in [0.5, 0.6) is 0 Å². The molecule has 0 aromatic heterocycles. The van der Waals surface area contributed by atoms with Crippen LogP contribution >= 0.6 is 0 Å². The van der Waals surface area contributed by atoms with Gasteiger partial charge in [-0.15, -0.1) is 0 Å². The Labute approximate surface area is 68.6 Å². The zero-order valence-corrected chi connectivity index (χ0v) is 7.83. The topological polar surface area (TPSA) is 15.4 Å². The van der Waals surface area contributed by atoms with E-state index in [1.807, 2.05) is 0 Å². The van der Waals surface area contributed by atoms with Crippen LogP contribution in [0.3, 0.4) is 0 Å². The van der Waals surface area contributed by atoms with E-state index in [0.29, 0.717) is 12.0 Å². The molecule has 0 radical (unpaired) electrons. The Kier molecular flexibility index (Phi) is 2.42. The Morgan fingerprint density at radius 3 is 2.27 bits per heavy atom. The fourth-order valence-electron chi connectivity index (χ4n) is 1.09. The molecule has 62 valence electrons. The van der Waals surface area contributed by atoms with Crippen molar-refractivity contribution >= 4 is 11.9 Å². The molecule has 0 saturated heterocycles. The lowest BCUT2D eigenvalue weighted by Crippen LogP contribution is -2.12. The molecule has 1 aliphatic heterocycles. The number of rotatable bonds is 2. The molecule has 0 fully saturated rings. The van der Waals surface area contributed by atoms with Crippen LogP contribution in [0.2, 0.25) is 0 Å². The minimum Gasteiger partial charge on any atom is -0.0929 e. The van der Waals surface area contributed by atoms with E-state index in [-0.39, 0.29) is 0 Å². The molecule has 0 spiro atoms. The first-order chi connectivity index (χ1) is 5.11. The van der Waals surface area contributed by atoms with E-state index in [4.69, 9.17) is 0 Å². The maximum absolute atomic E-state index is 4.48. The summed E-state index contributed by atoms with van der Waals surface area (Å²) in [6.45, 7) is 8.69. The molecule has 2 heteroatoms. The quantitative estimate of drug-likeness (QED) is 0.538. The summed E-state index contributed by atoms with van der Waals surface area (Å²) in [7, 11) is 0. The Balaban J connectivity index is 2.63. The minimum atomic E-state index is 0.506. The van der Waals surface area contributed by atoms with Gasteiger partial charge in [0.25, 0.3) is 0 Å². The maximum Gasteiger partial charge on any atom is 0.179 e. The predicted molar refractivity (Wildman–Crippen MR) is 48.4 cm³/mol. The standard InChI is InChI=1S/C9H17N2/c1-7(2)9-5-6-11(10-9)8(3)4/h6-8H,5H2,1-4H3/q+1. The summed E-state index contributed by atoms with van der Waals surface area (Å²) in [6, 6.07) is 0.506. The maximum atomic E-state index is 4.48. The highest BCUT2D eigenvalue weighted by Gasteiger charge is 2.20. The van der Waals surface area contributed by atoms with Crippen molar-refractivity contribution in [2.75, 3.05) is 0 Å². The summed E-state index contributed by atoms with van der Waals surface area (Å²) in [5.74, 6) is 0.593. The van der Waals surface area contributed by atoms with Gasteiger partial charge < -0.3 is 0 Å². The zero-order chi connectivity index (χ0) is 8.43. The van der Waals surface area contributed by atoms with Gasteiger partial charge in [0, 0.05) is 0 Å². The van der Waals surface area contributed by atoms with E-state index in [2.05, 4.69) is 43.7 Å². The monoisotopic (exact) mass is 153 g/mol. The highest BCUT2D eigenvalue weighted by molar-refractivity contribution is 5.96. The molecule has 11 heavy (non-hydrogen) atoms. The van der Waals surface area contributed by atoms with Crippen LogP contribution in [0.15, 0.2) is 5.10 Å². The van der Waals surface area contributed by atoms with Gasteiger partial charge in [-0.2, -0.15) is 0 Å². The molecule has 0 N–H and O–H groups in total. The first-order valence-corrected chi connectivity index (χ1v) is 4.30. The first kappa shape index (κ1) is 8.44. The normalized spacial score (nSPS) is 17.6. The van der Waals surface area contributed by atoms with Crippen molar-refractivity contribution in [1.82, 2.24) is 0 Å². The molecular formula is C9H17N2+. The average molecular weight is 153 g/mol. The van der Waals surface area contributed by atoms with Crippen LogP contribution in [0.1, 0.15) is 34.1 Å². The van der Waals surface area contributed by atoms with E-state index >= 15 is 0 Å². The molecule has 1 heterocycles. The van der Waals surface area contributed by atoms with Crippen molar-refractivity contribution in [3.63, 3.8) is 0 Å². The SMILES string of the molecule is CC(C)C1=N[N+](C(C)C)=CC1. The van der Waals surface area contributed by atoms with Gasteiger partial charge in [0.1, 0.15) is 0 Å². The van der Waals surface area contributed by atoms with Gasteiger partial charge in [0.2, 0.25) is 0 Å². The molecule has 0 aromatic rings. The number of hydrazone groups is 1. The van der Waals surface area contributed by atoms with Crippen molar-refractivity contribution in [3.8, 4) is 0 Å². The highest BCUT2D eigenvalue weighted by atomic mass is 15.4. The second-order valence-corrected chi connectivity index (χ2v) is 3.61. The second-order valence-electron chi connectivity index (χ2n) is 3.61. The lowest BCUT2D eigenvalue weighted by molar-refractivity contribution is -0.557. The molecule has 0 saturated carbocycles. The highest BCUT2D eigenvalue weighted by Crippen LogP contribution is 2.07. The van der Waals surface area contributed by atoms with Gasteiger partial charge in [0.05, 0.1) is 12.1 Å². The van der Waals surface area contributed by atoms with Gasteiger partial charge >= 0.3 is 0 Å². The first-order valence-electron chi connectivity index (χ1n) is 4.30. The molecule has 0 aliphatic carbocycles. The molecule has 0 amide bonds. The molecule has 2 nitrogen and oxygen atoms in total. The Morgan fingerprint density at radius 1 is 1.36 bits per heavy atom. The van der Waals surface area contributed by atoms with Crippen LogP contribution in [-0.4, -0.2) is 22.7 Å². The third kappa shape index (κ3) is 1.88. The zero-order valence-electron chi connectivity index (χ0n) is 7.83. The fraction of sp³-hybridized carbons (Fsp3) is 0.778. The Morgan fingerprint density at radius 2 is 2.00 bits per heavy atom. The summed E-state index contributed by atoms with van der Waals surface area (Å²) in [5.41, 5.74) is 1.30. The van der Waals surface area contributed by atoms with Gasteiger partial charge in [-0.1, -0.05) is 18.5 Å². The largest absolute Gasteiger partial charge is 0.179 e. The van der Waals surface area contributed by atoms with Crippen LogP contribution < -0.4 is 0 Å². The second kappa shape index (κ2) is 3.16. The van der Waals surface area contributed by atoms with Crippen molar-refractivity contribution in [1.29, 1.82) is 0 Å². The smallest absolute Gasteiger partial charge is 0.0929 e. The Hall–Kier alpha value is -0.660. The fourth-order valence-corrected chi connectivity index (χ4v) is 1.09. The molecule has 0 bridgehead atoms. The van der Waals surface area contributed by atoms with E-state index in [9.17, 15) is 0 Å². The van der Waals surface area contributed by atoms with Gasteiger partial charge in [0.15, 0.2) is 12.3 Å².